The fourth-order valence-corrected chi connectivity index (χ4v) is 4.11. The van der Waals surface area contributed by atoms with E-state index in [1.54, 1.807) is 47.0 Å². The van der Waals surface area contributed by atoms with Crippen LogP contribution in [0.15, 0.2) is 52.1 Å². The molecule has 1 aromatic heterocycles. The van der Waals surface area contributed by atoms with E-state index in [9.17, 15) is 9.59 Å². The summed E-state index contributed by atoms with van der Waals surface area (Å²) < 4.78 is 2.56. The summed E-state index contributed by atoms with van der Waals surface area (Å²) in [4.78, 5) is 24.7. The predicted molar refractivity (Wildman–Crippen MR) is 128 cm³/mol. The van der Waals surface area contributed by atoms with Gasteiger partial charge in [-0.05, 0) is 53.2 Å². The summed E-state index contributed by atoms with van der Waals surface area (Å²) in [6, 6.07) is 12.2. The maximum Gasteiger partial charge on any atom is 0.234 e. The van der Waals surface area contributed by atoms with Crippen LogP contribution in [-0.4, -0.2) is 32.3 Å². The minimum atomic E-state index is -0.253. The number of anilines is 2. The smallest absolute Gasteiger partial charge is 0.234 e. The van der Waals surface area contributed by atoms with Gasteiger partial charge in [0.1, 0.15) is 5.82 Å². The Balaban J connectivity index is 1.59. The molecule has 0 bridgehead atoms. The van der Waals surface area contributed by atoms with Crippen molar-refractivity contribution < 1.29 is 9.59 Å². The molecule has 7 nitrogen and oxygen atoms in total. The first-order chi connectivity index (χ1) is 14.9. The van der Waals surface area contributed by atoms with Crippen LogP contribution in [0.5, 0.6) is 0 Å². The van der Waals surface area contributed by atoms with Gasteiger partial charge in [0.15, 0.2) is 5.16 Å². The van der Waals surface area contributed by atoms with Crippen LogP contribution in [0.25, 0.3) is 0 Å². The van der Waals surface area contributed by atoms with E-state index >= 15 is 0 Å². The van der Waals surface area contributed by atoms with Crippen molar-refractivity contribution in [3.05, 3.63) is 62.8 Å². The van der Waals surface area contributed by atoms with Gasteiger partial charge in [-0.1, -0.05) is 47.1 Å². The number of para-hydroxylation sites is 1. The van der Waals surface area contributed by atoms with Crippen LogP contribution in [0.4, 0.5) is 11.4 Å². The lowest BCUT2D eigenvalue weighted by Gasteiger charge is -2.09. The van der Waals surface area contributed by atoms with Gasteiger partial charge in [0.2, 0.25) is 11.8 Å². The van der Waals surface area contributed by atoms with E-state index in [1.807, 2.05) is 6.92 Å². The highest BCUT2D eigenvalue weighted by Gasteiger charge is 2.16. The maximum atomic E-state index is 12.4. The lowest BCUT2D eigenvalue weighted by atomic mass is 10.3. The first kappa shape index (κ1) is 23.6. The molecule has 2 amide bonds. The SMILES string of the molecule is CCn1c(CC(=O)Nc2ccccc2Cl)nnc1SCC(=O)Nc1ccc(Br)c(Cl)c1. The molecule has 0 radical (unpaired) electrons. The molecule has 2 aromatic carbocycles. The molecule has 0 atom stereocenters. The number of rotatable bonds is 8. The molecule has 0 aliphatic rings. The Hall–Kier alpha value is -2.07. The van der Waals surface area contributed by atoms with E-state index in [1.165, 1.54) is 11.8 Å². The first-order valence-corrected chi connectivity index (χ1v) is 11.7. The van der Waals surface area contributed by atoms with Crippen LogP contribution in [0.2, 0.25) is 10.0 Å². The third kappa shape index (κ3) is 6.46. The summed E-state index contributed by atoms with van der Waals surface area (Å²) in [5, 5.41) is 15.3. The zero-order valence-electron chi connectivity index (χ0n) is 16.4. The minimum Gasteiger partial charge on any atom is -0.325 e. The normalized spacial score (nSPS) is 10.7. The molecule has 0 unspecified atom stereocenters. The Labute approximate surface area is 202 Å². The zero-order chi connectivity index (χ0) is 22.4. The van der Waals surface area contributed by atoms with E-state index in [2.05, 4.69) is 36.8 Å². The van der Waals surface area contributed by atoms with Gasteiger partial charge in [-0.2, -0.15) is 0 Å². The van der Waals surface area contributed by atoms with Gasteiger partial charge < -0.3 is 15.2 Å². The van der Waals surface area contributed by atoms with Crippen LogP contribution < -0.4 is 10.6 Å². The van der Waals surface area contributed by atoms with E-state index in [4.69, 9.17) is 23.2 Å². The van der Waals surface area contributed by atoms with E-state index in [0.29, 0.717) is 38.9 Å². The lowest BCUT2D eigenvalue weighted by Crippen LogP contribution is -2.18. The second-order valence-corrected chi connectivity index (χ2v) is 8.92. The minimum absolute atomic E-state index is 0.0379. The number of hydrogen-bond donors (Lipinski definition) is 2. The van der Waals surface area contributed by atoms with Gasteiger partial charge in [-0.3, -0.25) is 9.59 Å². The first-order valence-electron chi connectivity index (χ1n) is 9.21. The zero-order valence-corrected chi connectivity index (χ0v) is 20.3. The number of aromatic nitrogens is 3. The number of carbonyl (C=O) groups excluding carboxylic acids is 2. The third-order valence-electron chi connectivity index (χ3n) is 4.11. The van der Waals surface area contributed by atoms with Gasteiger partial charge in [0, 0.05) is 16.7 Å². The fourth-order valence-electron chi connectivity index (χ4n) is 2.68. The molecule has 0 spiro atoms. The van der Waals surface area contributed by atoms with Crippen LogP contribution in [0, 0.1) is 0 Å². The highest BCUT2D eigenvalue weighted by molar-refractivity contribution is 9.10. The number of halogens is 3. The molecule has 0 aliphatic carbocycles. The maximum absolute atomic E-state index is 12.4. The number of hydrogen-bond acceptors (Lipinski definition) is 5. The number of carbonyl (C=O) groups is 2. The molecule has 31 heavy (non-hydrogen) atoms. The summed E-state index contributed by atoms with van der Waals surface area (Å²) in [7, 11) is 0. The van der Waals surface area contributed by atoms with Crippen molar-refractivity contribution >= 4 is 74.1 Å². The predicted octanol–water partition coefficient (Wildman–Crippen LogP) is 5.28. The summed E-state index contributed by atoms with van der Waals surface area (Å²) in [6.07, 6.45) is 0.0379. The molecule has 11 heteroatoms. The molecule has 1 heterocycles. The van der Waals surface area contributed by atoms with Crippen molar-refractivity contribution in [1.82, 2.24) is 14.8 Å². The number of benzene rings is 2. The number of thioether (sulfide) groups is 1. The van der Waals surface area contributed by atoms with Crippen molar-refractivity contribution in [2.45, 2.75) is 25.0 Å². The number of nitrogens with one attached hydrogen (secondary N) is 2. The van der Waals surface area contributed by atoms with Gasteiger partial charge in [0.25, 0.3) is 0 Å². The Morgan fingerprint density at radius 3 is 2.55 bits per heavy atom. The van der Waals surface area contributed by atoms with Crippen molar-refractivity contribution in [2.24, 2.45) is 0 Å². The molecular weight excluding hydrogens is 525 g/mol. The topological polar surface area (TPSA) is 88.9 Å². The molecule has 162 valence electrons. The van der Waals surface area contributed by atoms with E-state index in [-0.39, 0.29) is 24.0 Å². The second kappa shape index (κ2) is 11.0. The summed E-state index contributed by atoms with van der Waals surface area (Å²) >= 11 is 16.7. The van der Waals surface area contributed by atoms with Gasteiger partial charge in [0.05, 0.1) is 27.9 Å². The molecule has 0 aliphatic heterocycles. The molecule has 3 rings (SSSR count). The van der Waals surface area contributed by atoms with E-state index < -0.39 is 0 Å². The van der Waals surface area contributed by atoms with Crippen LogP contribution in [-0.2, 0) is 22.6 Å². The molecule has 0 saturated heterocycles. The van der Waals surface area contributed by atoms with Crippen molar-refractivity contribution in [3.63, 3.8) is 0 Å². The number of amides is 2. The molecular formula is C20H18BrCl2N5O2S. The average molecular weight is 543 g/mol. The second-order valence-electron chi connectivity index (χ2n) is 6.31. The Bertz CT molecular complexity index is 1110. The Morgan fingerprint density at radius 1 is 1.06 bits per heavy atom. The largest absolute Gasteiger partial charge is 0.325 e. The molecule has 3 aromatic rings. The van der Waals surface area contributed by atoms with Crippen LogP contribution >= 0.6 is 50.9 Å². The lowest BCUT2D eigenvalue weighted by molar-refractivity contribution is -0.116. The van der Waals surface area contributed by atoms with E-state index in [0.717, 1.165) is 4.47 Å². The fraction of sp³-hybridized carbons (Fsp3) is 0.200. The van der Waals surface area contributed by atoms with Crippen LogP contribution in [0.3, 0.4) is 0 Å². The van der Waals surface area contributed by atoms with Gasteiger partial charge in [-0.25, -0.2) is 0 Å². The van der Waals surface area contributed by atoms with Crippen LogP contribution in [0.1, 0.15) is 12.7 Å². The van der Waals surface area contributed by atoms with Gasteiger partial charge in [-0.15, -0.1) is 10.2 Å². The average Bonchev–Trinajstić information content (AvgIpc) is 3.12. The quantitative estimate of drug-likeness (QED) is 0.378. The van der Waals surface area contributed by atoms with Crippen molar-refractivity contribution in [2.75, 3.05) is 16.4 Å². The summed E-state index contributed by atoms with van der Waals surface area (Å²) in [5.74, 6) is 0.191. The van der Waals surface area contributed by atoms with Crippen molar-refractivity contribution in [1.29, 1.82) is 0 Å². The summed E-state index contributed by atoms with van der Waals surface area (Å²) in [5.41, 5.74) is 1.14. The monoisotopic (exact) mass is 541 g/mol. The summed E-state index contributed by atoms with van der Waals surface area (Å²) in [6.45, 7) is 2.49. The Kier molecular flexibility index (Phi) is 8.36. The molecule has 0 fully saturated rings. The highest BCUT2D eigenvalue weighted by Crippen LogP contribution is 2.26. The van der Waals surface area contributed by atoms with Crippen molar-refractivity contribution in [3.8, 4) is 0 Å². The molecule has 2 N–H and O–H groups in total. The standard InChI is InChI=1S/C20H18BrCl2N5O2S/c1-2-28-17(10-18(29)25-16-6-4-3-5-14(16)22)26-27-20(28)31-11-19(30)24-12-7-8-13(21)15(23)9-12/h3-9H,2,10-11H2,1H3,(H,24,30)(H,25,29). The van der Waals surface area contributed by atoms with Gasteiger partial charge >= 0.3 is 0 Å². The number of nitrogens with zero attached hydrogens (tertiary/aromatic N) is 3. The highest BCUT2D eigenvalue weighted by atomic mass is 79.9. The third-order valence-corrected chi connectivity index (χ3v) is 6.64. The molecule has 0 saturated carbocycles. The Morgan fingerprint density at radius 2 is 1.84 bits per heavy atom.